The Morgan fingerprint density at radius 3 is 3.17 bits per heavy atom. The van der Waals surface area contributed by atoms with Gasteiger partial charge < -0.3 is 9.47 Å². The number of carbonyl (C=O) groups is 1. The van der Waals surface area contributed by atoms with E-state index in [1.165, 1.54) is 0 Å². The third kappa shape index (κ3) is 3.05. The summed E-state index contributed by atoms with van der Waals surface area (Å²) in [6.07, 6.45) is 3.51. The van der Waals surface area contributed by atoms with Crippen LogP contribution in [0.2, 0.25) is 0 Å². The van der Waals surface area contributed by atoms with Gasteiger partial charge in [-0.1, -0.05) is 0 Å². The van der Waals surface area contributed by atoms with E-state index in [1.54, 1.807) is 13.0 Å². The first-order valence-electron chi connectivity index (χ1n) is 4.27. The van der Waals surface area contributed by atoms with Crippen molar-refractivity contribution in [1.82, 2.24) is 0 Å². The Morgan fingerprint density at radius 1 is 1.75 bits per heavy atom. The van der Waals surface area contributed by atoms with E-state index in [9.17, 15) is 4.79 Å². The Hall–Kier alpha value is -0.830. The summed E-state index contributed by atoms with van der Waals surface area (Å²) in [6, 6.07) is 0. The first-order chi connectivity index (χ1) is 5.83. The lowest BCUT2D eigenvalue weighted by atomic mass is 10.1. The van der Waals surface area contributed by atoms with E-state index in [2.05, 4.69) is 0 Å². The predicted molar refractivity (Wildman–Crippen MR) is 44.8 cm³/mol. The van der Waals surface area contributed by atoms with Gasteiger partial charge in [0.05, 0.1) is 13.2 Å². The zero-order valence-electron chi connectivity index (χ0n) is 7.34. The van der Waals surface area contributed by atoms with Crippen molar-refractivity contribution < 1.29 is 14.3 Å². The minimum atomic E-state index is -0.252. The van der Waals surface area contributed by atoms with Crippen LogP contribution in [0.25, 0.3) is 0 Å². The molecule has 3 nitrogen and oxygen atoms in total. The van der Waals surface area contributed by atoms with Gasteiger partial charge in [0.15, 0.2) is 0 Å². The summed E-state index contributed by atoms with van der Waals surface area (Å²) >= 11 is 0. The minimum absolute atomic E-state index is 0.252. The Bertz CT molecular complexity index is 176. The fraction of sp³-hybridized carbons (Fsp3) is 0.667. The van der Waals surface area contributed by atoms with Gasteiger partial charge in [0.1, 0.15) is 0 Å². The second-order valence-electron chi connectivity index (χ2n) is 2.71. The summed E-state index contributed by atoms with van der Waals surface area (Å²) < 4.78 is 9.96. The van der Waals surface area contributed by atoms with Gasteiger partial charge in [0.25, 0.3) is 0 Å². The molecule has 0 amide bonds. The molecule has 1 heterocycles. The molecule has 0 bridgehead atoms. The molecule has 0 aromatic rings. The van der Waals surface area contributed by atoms with Crippen LogP contribution in [0.15, 0.2) is 11.6 Å². The van der Waals surface area contributed by atoms with E-state index >= 15 is 0 Å². The number of hydrogen-bond donors (Lipinski definition) is 0. The lowest BCUT2D eigenvalue weighted by molar-refractivity contribution is -0.137. The van der Waals surface area contributed by atoms with Crippen molar-refractivity contribution in [2.45, 2.75) is 19.8 Å². The molecule has 1 aliphatic rings. The number of esters is 1. The average Bonchev–Trinajstić information content (AvgIpc) is 2.06. The second-order valence-corrected chi connectivity index (χ2v) is 2.71. The van der Waals surface area contributed by atoms with Crippen LogP contribution in [0.1, 0.15) is 19.8 Å². The highest BCUT2D eigenvalue weighted by molar-refractivity contribution is 5.82. The van der Waals surface area contributed by atoms with Gasteiger partial charge in [-0.05, 0) is 25.3 Å². The number of carbonyl (C=O) groups excluding carboxylic acids is 1. The third-order valence-electron chi connectivity index (χ3n) is 1.68. The van der Waals surface area contributed by atoms with Crippen molar-refractivity contribution in [3.8, 4) is 0 Å². The molecule has 1 rings (SSSR count). The molecular formula is C9H14O3. The van der Waals surface area contributed by atoms with Crippen LogP contribution in [0.4, 0.5) is 0 Å². The van der Waals surface area contributed by atoms with Crippen molar-refractivity contribution in [2.24, 2.45) is 0 Å². The summed E-state index contributed by atoms with van der Waals surface area (Å²) in [5.74, 6) is -0.252. The summed E-state index contributed by atoms with van der Waals surface area (Å²) in [7, 11) is 0. The molecule has 68 valence electrons. The zero-order chi connectivity index (χ0) is 8.81. The van der Waals surface area contributed by atoms with Crippen LogP contribution >= 0.6 is 0 Å². The molecule has 0 unspecified atom stereocenters. The monoisotopic (exact) mass is 170 g/mol. The van der Waals surface area contributed by atoms with E-state index < -0.39 is 0 Å². The van der Waals surface area contributed by atoms with E-state index in [1.807, 2.05) is 0 Å². The van der Waals surface area contributed by atoms with Gasteiger partial charge in [-0.25, -0.2) is 4.79 Å². The highest BCUT2D eigenvalue weighted by Crippen LogP contribution is 2.11. The Kier molecular flexibility index (Phi) is 3.80. The van der Waals surface area contributed by atoms with Crippen LogP contribution in [0, 0.1) is 0 Å². The van der Waals surface area contributed by atoms with Crippen LogP contribution in [0.3, 0.4) is 0 Å². The highest BCUT2D eigenvalue weighted by Gasteiger charge is 2.07. The highest BCUT2D eigenvalue weighted by atomic mass is 16.5. The normalized spacial score (nSPS) is 20.9. The quantitative estimate of drug-likeness (QED) is 0.462. The fourth-order valence-corrected chi connectivity index (χ4v) is 1.14. The van der Waals surface area contributed by atoms with Gasteiger partial charge in [0, 0.05) is 12.7 Å². The average molecular weight is 170 g/mol. The summed E-state index contributed by atoms with van der Waals surface area (Å²) in [6.45, 7) is 3.62. The SMILES string of the molecule is CCOC(=O)/C=C1\CCCOC1. The molecule has 0 N–H and O–H groups in total. The molecule has 0 atom stereocenters. The molecule has 1 fully saturated rings. The maximum atomic E-state index is 11.0. The van der Waals surface area contributed by atoms with Gasteiger partial charge >= 0.3 is 5.97 Å². The molecule has 0 saturated carbocycles. The molecular weight excluding hydrogens is 156 g/mol. The van der Waals surface area contributed by atoms with Gasteiger partial charge in [0.2, 0.25) is 0 Å². The summed E-state index contributed by atoms with van der Waals surface area (Å²) in [4.78, 5) is 11.0. The molecule has 0 aromatic heterocycles. The van der Waals surface area contributed by atoms with E-state index in [-0.39, 0.29) is 5.97 Å². The van der Waals surface area contributed by atoms with Crippen LogP contribution in [-0.4, -0.2) is 25.8 Å². The zero-order valence-corrected chi connectivity index (χ0v) is 7.34. The second kappa shape index (κ2) is 4.93. The lowest BCUT2D eigenvalue weighted by Crippen LogP contribution is -2.10. The third-order valence-corrected chi connectivity index (χ3v) is 1.68. The Balaban J connectivity index is 2.37. The van der Waals surface area contributed by atoms with Crippen molar-refractivity contribution in [1.29, 1.82) is 0 Å². The molecule has 0 radical (unpaired) electrons. The van der Waals surface area contributed by atoms with E-state index in [0.717, 1.165) is 25.0 Å². The van der Waals surface area contributed by atoms with Crippen molar-refractivity contribution in [2.75, 3.05) is 19.8 Å². The van der Waals surface area contributed by atoms with Gasteiger partial charge in [-0.15, -0.1) is 0 Å². The molecule has 0 aliphatic carbocycles. The standard InChI is InChI=1S/C9H14O3/c1-2-12-9(10)6-8-4-3-5-11-7-8/h6H,2-5,7H2,1H3/b8-6+. The molecule has 0 spiro atoms. The Labute approximate surface area is 72.4 Å². The molecule has 0 aromatic carbocycles. The first kappa shape index (κ1) is 9.26. The molecule has 3 heteroatoms. The summed E-state index contributed by atoms with van der Waals surface area (Å²) in [5.41, 5.74) is 1.04. The van der Waals surface area contributed by atoms with Crippen LogP contribution in [-0.2, 0) is 14.3 Å². The first-order valence-corrected chi connectivity index (χ1v) is 4.27. The molecule has 12 heavy (non-hydrogen) atoms. The smallest absolute Gasteiger partial charge is 0.330 e. The minimum Gasteiger partial charge on any atom is -0.463 e. The predicted octanol–water partition coefficient (Wildman–Crippen LogP) is 1.29. The van der Waals surface area contributed by atoms with Crippen LogP contribution < -0.4 is 0 Å². The van der Waals surface area contributed by atoms with Gasteiger partial charge in [-0.3, -0.25) is 0 Å². The number of ether oxygens (including phenoxy) is 2. The van der Waals surface area contributed by atoms with Crippen molar-refractivity contribution >= 4 is 5.97 Å². The number of hydrogen-bond acceptors (Lipinski definition) is 3. The topological polar surface area (TPSA) is 35.5 Å². The van der Waals surface area contributed by atoms with E-state index in [4.69, 9.17) is 9.47 Å². The fourth-order valence-electron chi connectivity index (χ4n) is 1.14. The van der Waals surface area contributed by atoms with Crippen molar-refractivity contribution in [3.05, 3.63) is 11.6 Å². The maximum absolute atomic E-state index is 11.0. The Morgan fingerprint density at radius 2 is 2.58 bits per heavy atom. The van der Waals surface area contributed by atoms with Crippen LogP contribution in [0.5, 0.6) is 0 Å². The van der Waals surface area contributed by atoms with E-state index in [0.29, 0.717) is 13.2 Å². The summed E-state index contributed by atoms with van der Waals surface area (Å²) in [5, 5.41) is 0. The maximum Gasteiger partial charge on any atom is 0.330 e. The van der Waals surface area contributed by atoms with Gasteiger partial charge in [-0.2, -0.15) is 0 Å². The molecule has 1 saturated heterocycles. The number of rotatable bonds is 2. The molecule has 1 aliphatic heterocycles. The lowest BCUT2D eigenvalue weighted by Gasteiger charge is -2.13. The van der Waals surface area contributed by atoms with Crippen molar-refractivity contribution in [3.63, 3.8) is 0 Å². The largest absolute Gasteiger partial charge is 0.463 e.